The van der Waals surface area contributed by atoms with Crippen LogP contribution in [-0.4, -0.2) is 6.54 Å². The molecule has 0 aromatic heterocycles. The molecule has 0 aliphatic heterocycles. The summed E-state index contributed by atoms with van der Waals surface area (Å²) in [7, 11) is 0. The first-order valence-corrected chi connectivity index (χ1v) is 4.60. The van der Waals surface area contributed by atoms with Crippen LogP contribution in [0.25, 0.3) is 0 Å². The monoisotopic (exact) mass is 200 g/mol. The summed E-state index contributed by atoms with van der Waals surface area (Å²) in [6.07, 6.45) is 0.888. The molecule has 0 radical (unpaired) electrons. The van der Waals surface area contributed by atoms with Crippen molar-refractivity contribution < 1.29 is 9.32 Å². The average Bonchev–Trinajstić information content (AvgIpc) is 2.17. The van der Waals surface area contributed by atoms with Crippen LogP contribution in [0.2, 0.25) is 0 Å². The van der Waals surface area contributed by atoms with Gasteiger partial charge < -0.3 is 5.73 Å². The third-order valence-electron chi connectivity index (χ3n) is 1.53. The highest BCUT2D eigenvalue weighted by atomic mass is 32.2. The van der Waals surface area contributed by atoms with Crippen molar-refractivity contribution in [3.05, 3.63) is 29.8 Å². The maximum atomic E-state index is 5.41. The third-order valence-corrected chi connectivity index (χ3v) is 2.14. The zero-order valence-electron chi connectivity index (χ0n) is 7.10. The molecule has 0 aliphatic carbocycles. The van der Waals surface area contributed by atoms with E-state index in [1.54, 1.807) is 0 Å². The molecule has 0 atom stereocenters. The molecular formula is C8H12N2O2S. The van der Waals surface area contributed by atoms with Gasteiger partial charge in [-0.05, 0) is 30.7 Å². The second-order valence-electron chi connectivity index (χ2n) is 2.43. The lowest BCUT2D eigenvalue weighted by Crippen LogP contribution is -2.02. The summed E-state index contributed by atoms with van der Waals surface area (Å²) in [5.74, 6) is 4.69. The number of hydrogen-bond acceptors (Lipinski definition) is 5. The highest BCUT2D eigenvalue weighted by Crippen LogP contribution is 2.18. The van der Waals surface area contributed by atoms with Crippen LogP contribution in [-0.2, 0) is 15.7 Å². The highest BCUT2D eigenvalue weighted by Gasteiger charge is 1.95. The molecule has 1 aromatic carbocycles. The van der Waals surface area contributed by atoms with Gasteiger partial charge >= 0.3 is 0 Å². The van der Waals surface area contributed by atoms with Crippen LogP contribution in [0, 0.1) is 0 Å². The minimum atomic E-state index is 0.662. The normalized spacial score (nSPS) is 10.3. The van der Waals surface area contributed by atoms with E-state index < -0.39 is 0 Å². The average molecular weight is 200 g/mol. The van der Waals surface area contributed by atoms with Gasteiger partial charge in [-0.2, -0.15) is 5.90 Å². The molecule has 0 saturated heterocycles. The Balaban J connectivity index is 2.48. The Morgan fingerprint density at radius 2 is 1.92 bits per heavy atom. The van der Waals surface area contributed by atoms with Crippen molar-refractivity contribution in [2.75, 3.05) is 6.54 Å². The lowest BCUT2D eigenvalue weighted by molar-refractivity contribution is -0.195. The molecule has 5 heteroatoms. The number of rotatable bonds is 5. The van der Waals surface area contributed by atoms with E-state index in [4.69, 9.17) is 11.6 Å². The fourth-order valence-electron chi connectivity index (χ4n) is 0.937. The molecule has 1 rings (SSSR count). The molecule has 0 amide bonds. The Bertz CT molecular complexity index is 240. The minimum Gasteiger partial charge on any atom is -0.330 e. The predicted molar refractivity (Wildman–Crippen MR) is 51.4 cm³/mol. The smallest absolute Gasteiger partial charge is 0.0702 e. The molecule has 4 nitrogen and oxygen atoms in total. The lowest BCUT2D eigenvalue weighted by Gasteiger charge is -2.00. The number of benzene rings is 1. The Labute approximate surface area is 81.3 Å². The SMILES string of the molecule is NCCc1ccc(SOON)cc1. The zero-order valence-corrected chi connectivity index (χ0v) is 7.92. The first kappa shape index (κ1) is 10.5. The van der Waals surface area contributed by atoms with Crippen molar-refractivity contribution in [2.24, 2.45) is 11.6 Å². The van der Waals surface area contributed by atoms with Crippen LogP contribution in [0.15, 0.2) is 29.2 Å². The van der Waals surface area contributed by atoms with Gasteiger partial charge in [0.05, 0.1) is 12.0 Å². The summed E-state index contributed by atoms with van der Waals surface area (Å²) in [6, 6.07) is 7.84. The molecule has 0 heterocycles. The molecule has 0 fully saturated rings. The fourth-order valence-corrected chi connectivity index (χ4v) is 1.30. The molecular weight excluding hydrogens is 188 g/mol. The van der Waals surface area contributed by atoms with Crippen molar-refractivity contribution in [1.82, 2.24) is 0 Å². The Morgan fingerprint density at radius 3 is 2.46 bits per heavy atom. The third kappa shape index (κ3) is 3.75. The second-order valence-corrected chi connectivity index (χ2v) is 3.20. The van der Waals surface area contributed by atoms with E-state index in [-0.39, 0.29) is 0 Å². The van der Waals surface area contributed by atoms with Crippen LogP contribution < -0.4 is 11.6 Å². The van der Waals surface area contributed by atoms with E-state index in [9.17, 15) is 0 Å². The van der Waals surface area contributed by atoms with Crippen molar-refractivity contribution in [3.8, 4) is 0 Å². The summed E-state index contributed by atoms with van der Waals surface area (Å²) in [5.41, 5.74) is 6.62. The largest absolute Gasteiger partial charge is 0.330 e. The first-order chi connectivity index (χ1) is 6.36. The van der Waals surface area contributed by atoms with E-state index in [0.717, 1.165) is 23.4 Å². The van der Waals surface area contributed by atoms with E-state index in [1.165, 1.54) is 5.56 Å². The molecule has 0 aliphatic rings. The van der Waals surface area contributed by atoms with Gasteiger partial charge in [-0.25, -0.2) is 0 Å². The molecule has 13 heavy (non-hydrogen) atoms. The molecule has 0 spiro atoms. The van der Waals surface area contributed by atoms with Gasteiger partial charge in [-0.1, -0.05) is 12.1 Å². The summed E-state index contributed by atoms with van der Waals surface area (Å²) in [6.45, 7) is 0.662. The molecule has 1 aromatic rings. The van der Waals surface area contributed by atoms with Crippen LogP contribution in [0.5, 0.6) is 0 Å². The number of nitrogens with two attached hydrogens (primary N) is 2. The van der Waals surface area contributed by atoms with Crippen molar-refractivity contribution >= 4 is 12.0 Å². The summed E-state index contributed by atoms with van der Waals surface area (Å²) in [5, 5.41) is 0. The van der Waals surface area contributed by atoms with Crippen molar-refractivity contribution in [1.29, 1.82) is 0 Å². The van der Waals surface area contributed by atoms with Gasteiger partial charge in [0.25, 0.3) is 0 Å². The molecule has 0 saturated carbocycles. The Hall–Kier alpha value is -0.590. The standard InChI is InChI=1S/C8H12N2O2S/c9-6-5-7-1-3-8(4-2-7)13-12-11-10/h1-4H,5-6,9-10H2. The van der Waals surface area contributed by atoms with Crippen LogP contribution >= 0.6 is 12.0 Å². The fraction of sp³-hybridized carbons (Fsp3) is 0.250. The minimum absolute atomic E-state index is 0.662. The van der Waals surface area contributed by atoms with Gasteiger partial charge in [-0.15, -0.1) is 9.32 Å². The van der Waals surface area contributed by atoms with Gasteiger partial charge in [0.15, 0.2) is 0 Å². The van der Waals surface area contributed by atoms with Crippen LogP contribution in [0.1, 0.15) is 5.56 Å². The van der Waals surface area contributed by atoms with Crippen molar-refractivity contribution in [3.63, 3.8) is 0 Å². The molecule has 72 valence electrons. The summed E-state index contributed by atoms with van der Waals surface area (Å²) < 4.78 is 4.49. The predicted octanol–water partition coefficient (Wildman–Crippen LogP) is 1.02. The summed E-state index contributed by atoms with van der Waals surface area (Å²) in [4.78, 5) is 4.90. The topological polar surface area (TPSA) is 70.5 Å². The van der Waals surface area contributed by atoms with E-state index >= 15 is 0 Å². The molecule has 4 N–H and O–H groups in total. The van der Waals surface area contributed by atoms with Crippen LogP contribution in [0.3, 0.4) is 0 Å². The lowest BCUT2D eigenvalue weighted by atomic mass is 10.2. The van der Waals surface area contributed by atoms with E-state index in [2.05, 4.69) is 9.32 Å². The van der Waals surface area contributed by atoms with Crippen molar-refractivity contribution in [2.45, 2.75) is 11.3 Å². The number of hydrogen-bond donors (Lipinski definition) is 2. The van der Waals surface area contributed by atoms with Gasteiger partial charge in [-0.3, -0.25) is 0 Å². The highest BCUT2D eigenvalue weighted by molar-refractivity contribution is 7.94. The Morgan fingerprint density at radius 1 is 1.23 bits per heavy atom. The maximum Gasteiger partial charge on any atom is 0.0702 e. The summed E-state index contributed by atoms with van der Waals surface area (Å²) >= 11 is 1.07. The molecule has 0 unspecified atom stereocenters. The van der Waals surface area contributed by atoms with Gasteiger partial charge in [0.2, 0.25) is 0 Å². The molecule has 0 bridgehead atoms. The quantitative estimate of drug-likeness (QED) is 0.422. The van der Waals surface area contributed by atoms with Gasteiger partial charge in [0, 0.05) is 4.90 Å². The maximum absolute atomic E-state index is 5.41. The Kier molecular flexibility index (Phi) is 4.81. The van der Waals surface area contributed by atoms with E-state index in [1.807, 2.05) is 24.3 Å². The van der Waals surface area contributed by atoms with Crippen LogP contribution in [0.4, 0.5) is 0 Å². The van der Waals surface area contributed by atoms with Gasteiger partial charge in [0.1, 0.15) is 0 Å². The zero-order chi connectivity index (χ0) is 9.52. The first-order valence-electron chi connectivity index (χ1n) is 3.86. The second kappa shape index (κ2) is 5.95. The van der Waals surface area contributed by atoms with E-state index in [0.29, 0.717) is 6.54 Å².